The normalized spacial score (nSPS) is 15.7. The molecule has 1 saturated heterocycles. The van der Waals surface area contributed by atoms with Crippen LogP contribution in [0.4, 0.5) is 0 Å². The van der Waals surface area contributed by atoms with E-state index in [-0.39, 0.29) is 11.8 Å². The molecule has 0 radical (unpaired) electrons. The molecule has 2 amide bonds. The van der Waals surface area contributed by atoms with Crippen molar-refractivity contribution in [3.8, 4) is 0 Å². The van der Waals surface area contributed by atoms with Crippen LogP contribution in [-0.4, -0.2) is 49.6 Å². The average molecular weight is 242 g/mol. The second-order valence-electron chi connectivity index (χ2n) is 4.20. The van der Waals surface area contributed by atoms with E-state index in [0.717, 1.165) is 6.42 Å². The lowest BCUT2D eigenvalue weighted by Gasteiger charge is -2.26. The van der Waals surface area contributed by atoms with Gasteiger partial charge in [0.05, 0.1) is 13.2 Å². The number of nitrogens with one attached hydrogen (secondary N) is 1. The van der Waals surface area contributed by atoms with Crippen LogP contribution >= 0.6 is 0 Å². The molecule has 5 heteroatoms. The molecule has 0 aromatic carbocycles. The highest BCUT2D eigenvalue weighted by molar-refractivity contribution is 5.77. The molecule has 1 N–H and O–H groups in total. The van der Waals surface area contributed by atoms with Crippen molar-refractivity contribution in [1.82, 2.24) is 10.2 Å². The van der Waals surface area contributed by atoms with Gasteiger partial charge in [-0.1, -0.05) is 6.92 Å². The highest BCUT2D eigenvalue weighted by Gasteiger charge is 2.15. The Hall–Kier alpha value is -1.10. The first-order chi connectivity index (χ1) is 8.24. The molecule has 0 saturated carbocycles. The third-order valence-electron chi connectivity index (χ3n) is 2.73. The molecule has 17 heavy (non-hydrogen) atoms. The fourth-order valence-electron chi connectivity index (χ4n) is 1.75. The van der Waals surface area contributed by atoms with Gasteiger partial charge in [-0.25, -0.2) is 0 Å². The summed E-state index contributed by atoms with van der Waals surface area (Å²) in [6.07, 6.45) is 2.65. The van der Waals surface area contributed by atoms with Gasteiger partial charge in [0.25, 0.3) is 0 Å². The average Bonchev–Trinajstić information content (AvgIpc) is 2.36. The maximum atomic E-state index is 11.7. The van der Waals surface area contributed by atoms with Crippen molar-refractivity contribution in [2.45, 2.75) is 32.6 Å². The molecule has 1 aliphatic rings. The molecule has 5 nitrogen and oxygen atoms in total. The predicted octanol–water partition coefficient (Wildman–Crippen LogP) is 0.542. The SMILES string of the molecule is CCCC(=O)NCCCC(=O)N1CCOCC1. The van der Waals surface area contributed by atoms with Crippen molar-refractivity contribution in [2.75, 3.05) is 32.8 Å². The summed E-state index contributed by atoms with van der Waals surface area (Å²) in [6, 6.07) is 0. The Labute approximate surface area is 102 Å². The van der Waals surface area contributed by atoms with Gasteiger partial charge in [-0.15, -0.1) is 0 Å². The van der Waals surface area contributed by atoms with Gasteiger partial charge < -0.3 is 15.0 Å². The molecule has 0 bridgehead atoms. The summed E-state index contributed by atoms with van der Waals surface area (Å²) in [4.78, 5) is 24.7. The number of carbonyl (C=O) groups excluding carboxylic acids is 2. The van der Waals surface area contributed by atoms with E-state index in [9.17, 15) is 9.59 Å². The van der Waals surface area contributed by atoms with Gasteiger partial charge in [0, 0.05) is 32.5 Å². The second kappa shape index (κ2) is 8.06. The van der Waals surface area contributed by atoms with E-state index in [1.165, 1.54) is 0 Å². The number of ether oxygens (including phenoxy) is 1. The smallest absolute Gasteiger partial charge is 0.222 e. The Morgan fingerprint density at radius 1 is 1.24 bits per heavy atom. The Morgan fingerprint density at radius 2 is 1.94 bits per heavy atom. The molecule has 1 aliphatic heterocycles. The van der Waals surface area contributed by atoms with Crippen LogP contribution < -0.4 is 5.32 Å². The molecule has 0 atom stereocenters. The van der Waals surface area contributed by atoms with Crippen LogP contribution in [0, 0.1) is 0 Å². The maximum absolute atomic E-state index is 11.7. The number of hydrogen-bond acceptors (Lipinski definition) is 3. The summed E-state index contributed by atoms with van der Waals surface area (Å²) in [5.74, 6) is 0.240. The Morgan fingerprint density at radius 3 is 2.59 bits per heavy atom. The van der Waals surface area contributed by atoms with Crippen molar-refractivity contribution in [1.29, 1.82) is 0 Å². The highest BCUT2D eigenvalue weighted by Crippen LogP contribution is 2.01. The zero-order valence-corrected chi connectivity index (χ0v) is 10.5. The van der Waals surface area contributed by atoms with Crippen LogP contribution in [0.1, 0.15) is 32.6 Å². The zero-order chi connectivity index (χ0) is 12.5. The van der Waals surface area contributed by atoms with Crippen LogP contribution in [-0.2, 0) is 14.3 Å². The Balaban J connectivity index is 2.05. The molecule has 0 aromatic rings. The summed E-state index contributed by atoms with van der Waals surface area (Å²) >= 11 is 0. The fourth-order valence-corrected chi connectivity index (χ4v) is 1.75. The predicted molar refractivity (Wildman–Crippen MR) is 64.6 cm³/mol. The summed E-state index contributed by atoms with van der Waals surface area (Å²) < 4.78 is 5.18. The summed E-state index contributed by atoms with van der Waals surface area (Å²) in [5.41, 5.74) is 0. The van der Waals surface area contributed by atoms with Crippen LogP contribution in [0.5, 0.6) is 0 Å². The zero-order valence-electron chi connectivity index (χ0n) is 10.5. The van der Waals surface area contributed by atoms with Crippen molar-refractivity contribution in [3.05, 3.63) is 0 Å². The van der Waals surface area contributed by atoms with Crippen molar-refractivity contribution < 1.29 is 14.3 Å². The minimum Gasteiger partial charge on any atom is -0.378 e. The van der Waals surface area contributed by atoms with Crippen LogP contribution in [0.3, 0.4) is 0 Å². The van der Waals surface area contributed by atoms with E-state index >= 15 is 0 Å². The number of nitrogens with zero attached hydrogens (tertiary/aromatic N) is 1. The van der Waals surface area contributed by atoms with Gasteiger partial charge in [-0.2, -0.15) is 0 Å². The van der Waals surface area contributed by atoms with Crippen molar-refractivity contribution in [3.63, 3.8) is 0 Å². The maximum Gasteiger partial charge on any atom is 0.222 e. The first kappa shape index (κ1) is 14.0. The number of carbonyl (C=O) groups is 2. The monoisotopic (exact) mass is 242 g/mol. The van der Waals surface area contributed by atoms with Crippen LogP contribution in [0.15, 0.2) is 0 Å². The molecule has 1 fully saturated rings. The van der Waals surface area contributed by atoms with Crippen molar-refractivity contribution in [2.24, 2.45) is 0 Å². The minimum absolute atomic E-state index is 0.0753. The third kappa shape index (κ3) is 5.68. The topological polar surface area (TPSA) is 58.6 Å². The third-order valence-corrected chi connectivity index (χ3v) is 2.73. The van der Waals surface area contributed by atoms with Gasteiger partial charge in [0.1, 0.15) is 0 Å². The van der Waals surface area contributed by atoms with Gasteiger partial charge in [0.2, 0.25) is 11.8 Å². The number of morpholine rings is 1. The molecule has 0 spiro atoms. The quantitative estimate of drug-likeness (QED) is 0.692. The number of rotatable bonds is 6. The molecule has 1 rings (SSSR count). The van der Waals surface area contributed by atoms with E-state index in [2.05, 4.69) is 5.32 Å². The largest absolute Gasteiger partial charge is 0.378 e. The molecule has 0 unspecified atom stereocenters. The van der Waals surface area contributed by atoms with Crippen LogP contribution in [0.25, 0.3) is 0 Å². The van der Waals surface area contributed by atoms with Crippen molar-refractivity contribution >= 4 is 11.8 Å². The first-order valence-electron chi connectivity index (χ1n) is 6.36. The van der Waals surface area contributed by atoms with Crippen LogP contribution in [0.2, 0.25) is 0 Å². The van der Waals surface area contributed by atoms with Gasteiger partial charge in [-0.05, 0) is 12.8 Å². The molecular weight excluding hydrogens is 220 g/mol. The van der Waals surface area contributed by atoms with E-state index in [1.54, 1.807) is 0 Å². The highest BCUT2D eigenvalue weighted by atomic mass is 16.5. The van der Waals surface area contributed by atoms with E-state index in [1.807, 2.05) is 11.8 Å². The molecule has 98 valence electrons. The van der Waals surface area contributed by atoms with Gasteiger partial charge >= 0.3 is 0 Å². The molecule has 0 aromatic heterocycles. The molecule has 1 heterocycles. The standard InChI is InChI=1S/C12H22N2O3/c1-2-4-11(15)13-6-3-5-12(16)14-7-9-17-10-8-14/h2-10H2,1H3,(H,13,15). The molecule has 0 aliphatic carbocycles. The Bertz CT molecular complexity index is 250. The summed E-state index contributed by atoms with van der Waals surface area (Å²) in [7, 11) is 0. The van der Waals surface area contributed by atoms with E-state index in [0.29, 0.717) is 52.1 Å². The van der Waals surface area contributed by atoms with Gasteiger partial charge in [0.15, 0.2) is 0 Å². The molecular formula is C12H22N2O3. The van der Waals surface area contributed by atoms with E-state index < -0.39 is 0 Å². The lowest BCUT2D eigenvalue weighted by molar-refractivity contribution is -0.135. The lowest BCUT2D eigenvalue weighted by atomic mass is 10.2. The Kier molecular flexibility index (Phi) is 6.62. The summed E-state index contributed by atoms with van der Waals surface area (Å²) in [6.45, 7) is 5.23. The fraction of sp³-hybridized carbons (Fsp3) is 0.833. The van der Waals surface area contributed by atoms with E-state index in [4.69, 9.17) is 4.74 Å². The summed E-state index contributed by atoms with van der Waals surface area (Å²) in [5, 5.41) is 2.81. The second-order valence-corrected chi connectivity index (χ2v) is 4.20. The lowest BCUT2D eigenvalue weighted by Crippen LogP contribution is -2.40. The number of amides is 2. The minimum atomic E-state index is 0.0753. The van der Waals surface area contributed by atoms with Gasteiger partial charge in [-0.3, -0.25) is 9.59 Å². The number of hydrogen-bond donors (Lipinski definition) is 1. The first-order valence-corrected chi connectivity index (χ1v) is 6.36.